The minimum atomic E-state index is -0.512. The number of aliphatic hydroxyl groups is 4. The van der Waals surface area contributed by atoms with E-state index in [9.17, 15) is 0 Å². The van der Waals surface area contributed by atoms with Crippen molar-refractivity contribution in [1.29, 1.82) is 0 Å². The molecule has 1 heterocycles. The molecule has 0 amide bonds. The van der Waals surface area contributed by atoms with Crippen molar-refractivity contribution in [2.24, 2.45) is 0 Å². The molecular weight excluding hydrogens is 272 g/mol. The minimum absolute atomic E-state index is 0.0227. The van der Waals surface area contributed by atoms with Gasteiger partial charge in [0.05, 0.1) is 0 Å². The Bertz CT molecular complexity index is 370. The predicted molar refractivity (Wildman–Crippen MR) is 68.6 cm³/mol. The lowest BCUT2D eigenvalue weighted by Crippen LogP contribution is -2.31. The van der Waals surface area contributed by atoms with E-state index in [0.717, 1.165) is 9.80 Å². The molecule has 0 aliphatic rings. The van der Waals surface area contributed by atoms with E-state index in [2.05, 4.69) is 20.3 Å². The molecule has 0 aliphatic carbocycles. The van der Waals surface area contributed by atoms with Crippen LogP contribution in [0.4, 0.5) is 17.8 Å². The maximum absolute atomic E-state index is 9.10. The van der Waals surface area contributed by atoms with Crippen LogP contribution >= 0.6 is 0 Å². The van der Waals surface area contributed by atoms with E-state index in [-0.39, 0.29) is 24.6 Å². The van der Waals surface area contributed by atoms with Crippen LogP contribution in [0.5, 0.6) is 0 Å². The fourth-order valence-electron chi connectivity index (χ4n) is 1.19. The molecular formula is C9H18N6O5. The van der Waals surface area contributed by atoms with Crippen LogP contribution in [0.3, 0.4) is 0 Å². The molecule has 0 aliphatic heterocycles. The average molecular weight is 290 g/mol. The first-order valence-corrected chi connectivity index (χ1v) is 5.62. The summed E-state index contributed by atoms with van der Waals surface area (Å²) in [6.45, 7) is -1.92. The van der Waals surface area contributed by atoms with Crippen LogP contribution in [0.2, 0.25) is 0 Å². The van der Waals surface area contributed by atoms with E-state index in [0.29, 0.717) is 0 Å². The van der Waals surface area contributed by atoms with E-state index in [4.69, 9.17) is 25.2 Å². The van der Waals surface area contributed by atoms with Gasteiger partial charge in [-0.25, -0.2) is 0 Å². The summed E-state index contributed by atoms with van der Waals surface area (Å²) in [5.41, 5.74) is 0. The Hall–Kier alpha value is -1.79. The third kappa shape index (κ3) is 4.11. The number of nitrogens with zero attached hydrogens (tertiary/aromatic N) is 5. The monoisotopic (exact) mass is 290 g/mol. The van der Waals surface area contributed by atoms with Crippen molar-refractivity contribution in [3.63, 3.8) is 0 Å². The molecule has 1 rings (SSSR count). The Balaban J connectivity index is 3.12. The summed E-state index contributed by atoms with van der Waals surface area (Å²) in [5.74, 6) is 0.0571. The number of ether oxygens (including phenoxy) is 1. The second-order valence-electron chi connectivity index (χ2n) is 3.51. The molecule has 1 aromatic heterocycles. The van der Waals surface area contributed by atoms with Gasteiger partial charge < -0.3 is 30.5 Å². The van der Waals surface area contributed by atoms with Gasteiger partial charge in [-0.05, 0) is 0 Å². The van der Waals surface area contributed by atoms with Gasteiger partial charge in [0.15, 0.2) is 0 Å². The molecule has 0 aromatic carbocycles. The average Bonchev–Trinajstić information content (AvgIpc) is 2.47. The maximum atomic E-state index is 9.10. The zero-order valence-electron chi connectivity index (χ0n) is 11.0. The van der Waals surface area contributed by atoms with Crippen LogP contribution in [0.1, 0.15) is 0 Å². The van der Waals surface area contributed by atoms with E-state index < -0.39 is 26.9 Å². The maximum Gasteiger partial charge on any atom is 0.235 e. The summed E-state index contributed by atoms with van der Waals surface area (Å²) in [6, 6.07) is 0. The number of methoxy groups -OCH3 is 1. The summed E-state index contributed by atoms with van der Waals surface area (Å²) in [4.78, 5) is 14.0. The topological polar surface area (TPSA) is 147 Å². The highest BCUT2D eigenvalue weighted by molar-refractivity contribution is 5.44. The zero-order chi connectivity index (χ0) is 15.0. The lowest BCUT2D eigenvalue weighted by Gasteiger charge is -2.21. The Morgan fingerprint density at radius 2 is 1.35 bits per heavy atom. The third-order valence-electron chi connectivity index (χ3n) is 2.23. The summed E-state index contributed by atoms with van der Waals surface area (Å²) in [7, 11) is 1.47. The molecule has 114 valence electrons. The second kappa shape index (κ2) is 8.39. The number of anilines is 3. The van der Waals surface area contributed by atoms with Gasteiger partial charge in [-0.3, -0.25) is 9.80 Å². The molecule has 0 bridgehead atoms. The molecule has 0 atom stereocenters. The van der Waals surface area contributed by atoms with Gasteiger partial charge in [-0.15, -0.1) is 0 Å². The Kier molecular flexibility index (Phi) is 6.83. The minimum Gasteiger partial charge on any atom is -0.376 e. The van der Waals surface area contributed by atoms with Gasteiger partial charge in [0.25, 0.3) is 0 Å². The Morgan fingerprint density at radius 3 is 1.70 bits per heavy atom. The van der Waals surface area contributed by atoms with Gasteiger partial charge >= 0.3 is 0 Å². The van der Waals surface area contributed by atoms with Crippen LogP contribution < -0.4 is 15.1 Å². The van der Waals surface area contributed by atoms with Crippen LogP contribution in [0.25, 0.3) is 0 Å². The van der Waals surface area contributed by atoms with Gasteiger partial charge in [0, 0.05) is 7.11 Å². The van der Waals surface area contributed by atoms with Gasteiger partial charge in [0.2, 0.25) is 17.8 Å². The van der Waals surface area contributed by atoms with E-state index in [1.54, 1.807) is 0 Å². The first-order chi connectivity index (χ1) is 9.69. The van der Waals surface area contributed by atoms with Crippen molar-refractivity contribution < 1.29 is 25.2 Å². The number of aliphatic hydroxyl groups excluding tert-OH is 4. The van der Waals surface area contributed by atoms with Crippen LogP contribution in [-0.2, 0) is 4.74 Å². The largest absolute Gasteiger partial charge is 0.376 e. The van der Waals surface area contributed by atoms with E-state index >= 15 is 0 Å². The van der Waals surface area contributed by atoms with Crippen molar-refractivity contribution in [1.82, 2.24) is 15.0 Å². The SMILES string of the molecule is COCNc1nc(N(CO)CO)nc(N(CO)CO)n1. The lowest BCUT2D eigenvalue weighted by atomic mass is 10.7. The van der Waals surface area contributed by atoms with Crippen molar-refractivity contribution in [3.8, 4) is 0 Å². The normalized spacial score (nSPS) is 10.4. The van der Waals surface area contributed by atoms with E-state index in [1.165, 1.54) is 7.11 Å². The van der Waals surface area contributed by atoms with Gasteiger partial charge in [-0.2, -0.15) is 15.0 Å². The standard InChI is InChI=1S/C9H18N6O5/c1-20-2-10-7-11-8(14(3-16)4-17)13-9(12-7)15(5-18)6-19/h16-19H,2-6H2,1H3,(H,10,11,12,13). The fourth-order valence-corrected chi connectivity index (χ4v) is 1.19. The molecule has 20 heavy (non-hydrogen) atoms. The molecule has 1 aromatic rings. The van der Waals surface area contributed by atoms with Crippen molar-refractivity contribution >= 4 is 17.8 Å². The molecule has 0 radical (unpaired) electrons. The van der Waals surface area contributed by atoms with Crippen molar-refractivity contribution in [2.75, 3.05) is 55.9 Å². The first kappa shape index (κ1) is 16.3. The van der Waals surface area contributed by atoms with Crippen LogP contribution in [0, 0.1) is 0 Å². The van der Waals surface area contributed by atoms with E-state index in [1.807, 2.05) is 0 Å². The number of hydrogen-bond donors (Lipinski definition) is 5. The zero-order valence-corrected chi connectivity index (χ0v) is 11.0. The molecule has 5 N–H and O–H groups in total. The highest BCUT2D eigenvalue weighted by Gasteiger charge is 2.15. The summed E-state index contributed by atoms with van der Waals surface area (Å²) in [5, 5.41) is 39.1. The van der Waals surface area contributed by atoms with Crippen molar-refractivity contribution in [2.45, 2.75) is 0 Å². The van der Waals surface area contributed by atoms with Crippen LogP contribution in [0.15, 0.2) is 0 Å². The Morgan fingerprint density at radius 1 is 0.900 bits per heavy atom. The summed E-state index contributed by atoms with van der Waals surface area (Å²) in [6.07, 6.45) is 0. The smallest absolute Gasteiger partial charge is 0.235 e. The first-order valence-electron chi connectivity index (χ1n) is 5.62. The molecule has 11 heteroatoms. The second-order valence-corrected chi connectivity index (χ2v) is 3.51. The highest BCUT2D eigenvalue weighted by Crippen LogP contribution is 2.15. The van der Waals surface area contributed by atoms with Crippen molar-refractivity contribution in [3.05, 3.63) is 0 Å². The number of nitrogens with one attached hydrogen (secondary N) is 1. The molecule has 0 fully saturated rings. The van der Waals surface area contributed by atoms with Gasteiger partial charge in [-0.1, -0.05) is 0 Å². The number of rotatable bonds is 9. The summed E-state index contributed by atoms with van der Waals surface area (Å²) < 4.78 is 4.82. The third-order valence-corrected chi connectivity index (χ3v) is 2.23. The summed E-state index contributed by atoms with van der Waals surface area (Å²) >= 11 is 0. The van der Waals surface area contributed by atoms with Gasteiger partial charge in [0.1, 0.15) is 33.7 Å². The number of aromatic nitrogens is 3. The molecule has 11 nitrogen and oxygen atoms in total. The molecule has 0 unspecified atom stereocenters. The lowest BCUT2D eigenvalue weighted by molar-refractivity contribution is 0.216. The van der Waals surface area contributed by atoms with Crippen LogP contribution in [-0.4, -0.2) is 76.1 Å². The molecule has 0 saturated carbocycles. The molecule has 0 spiro atoms. The quantitative estimate of drug-likeness (QED) is 0.302. The highest BCUT2D eigenvalue weighted by atomic mass is 16.5. The predicted octanol–water partition coefficient (Wildman–Crippen LogP) is -2.70. The molecule has 0 saturated heterocycles. The Labute approximate surface area is 115 Å². The fraction of sp³-hybridized carbons (Fsp3) is 0.667. The number of hydrogen-bond acceptors (Lipinski definition) is 11.